The van der Waals surface area contributed by atoms with Crippen LogP contribution in [-0.4, -0.2) is 9.78 Å². The zero-order valence-electron chi connectivity index (χ0n) is 9.31. The maximum absolute atomic E-state index is 6.16. The summed E-state index contributed by atoms with van der Waals surface area (Å²) in [6.07, 6.45) is 1.90. The van der Waals surface area contributed by atoms with Crippen molar-refractivity contribution in [3.63, 3.8) is 0 Å². The third kappa shape index (κ3) is 2.18. The van der Waals surface area contributed by atoms with E-state index in [1.807, 2.05) is 31.4 Å². The molecular weight excluding hydrogens is 266 g/mol. The largest absolute Gasteiger partial charge is 0.319 e. The Bertz CT molecular complexity index is 505. The number of hydrogen-bond acceptors (Lipinski definition) is 2. The highest BCUT2D eigenvalue weighted by atomic mass is 79.9. The highest BCUT2D eigenvalue weighted by molar-refractivity contribution is 9.10. The van der Waals surface area contributed by atoms with E-state index in [4.69, 9.17) is 5.73 Å². The number of aromatic nitrogens is 2. The van der Waals surface area contributed by atoms with Crippen molar-refractivity contribution in [2.45, 2.75) is 13.0 Å². The summed E-state index contributed by atoms with van der Waals surface area (Å²) < 4.78 is 2.87. The van der Waals surface area contributed by atoms with Crippen molar-refractivity contribution in [2.24, 2.45) is 12.8 Å². The zero-order valence-corrected chi connectivity index (χ0v) is 10.9. The van der Waals surface area contributed by atoms with Gasteiger partial charge in [-0.15, -0.1) is 0 Å². The lowest BCUT2D eigenvalue weighted by atomic mass is 10.0. The minimum Gasteiger partial charge on any atom is -0.319 e. The number of aryl methyl sites for hydroxylation is 2. The summed E-state index contributed by atoms with van der Waals surface area (Å²) in [6, 6.07) is 7.92. The molecule has 0 amide bonds. The number of nitrogens with zero attached hydrogens (tertiary/aromatic N) is 2. The fourth-order valence-corrected chi connectivity index (χ4v) is 1.88. The lowest BCUT2D eigenvalue weighted by molar-refractivity contribution is 0.715. The van der Waals surface area contributed by atoms with E-state index in [1.165, 1.54) is 5.56 Å². The molecule has 0 aliphatic rings. The highest BCUT2D eigenvalue weighted by Gasteiger charge is 2.12. The molecule has 0 bridgehead atoms. The lowest BCUT2D eigenvalue weighted by Crippen LogP contribution is -2.13. The van der Waals surface area contributed by atoms with Crippen molar-refractivity contribution >= 4 is 15.9 Å². The van der Waals surface area contributed by atoms with E-state index in [2.05, 4.69) is 34.0 Å². The fourth-order valence-electron chi connectivity index (χ4n) is 1.63. The second-order valence-corrected chi connectivity index (χ2v) is 4.75. The number of halogens is 1. The second kappa shape index (κ2) is 4.39. The molecule has 0 radical (unpaired) electrons. The first-order chi connectivity index (χ1) is 7.58. The van der Waals surface area contributed by atoms with Crippen molar-refractivity contribution in [1.29, 1.82) is 0 Å². The molecule has 1 aromatic carbocycles. The molecule has 0 fully saturated rings. The Labute approximate surface area is 103 Å². The molecule has 0 aliphatic carbocycles. The molecule has 2 rings (SSSR count). The molecule has 0 spiro atoms. The van der Waals surface area contributed by atoms with Gasteiger partial charge in [0.05, 0.1) is 11.7 Å². The van der Waals surface area contributed by atoms with E-state index in [9.17, 15) is 0 Å². The minimum atomic E-state index is -0.159. The average Bonchev–Trinajstić information content (AvgIpc) is 2.68. The summed E-state index contributed by atoms with van der Waals surface area (Å²) in [4.78, 5) is 0. The first-order valence-electron chi connectivity index (χ1n) is 5.09. The van der Waals surface area contributed by atoms with Crippen molar-refractivity contribution < 1.29 is 0 Å². The monoisotopic (exact) mass is 279 g/mol. The summed E-state index contributed by atoms with van der Waals surface area (Å²) in [5, 5.41) is 4.32. The van der Waals surface area contributed by atoms with Crippen molar-refractivity contribution in [3.8, 4) is 0 Å². The van der Waals surface area contributed by atoms with Gasteiger partial charge >= 0.3 is 0 Å². The summed E-state index contributed by atoms with van der Waals surface area (Å²) >= 11 is 3.48. The predicted molar refractivity (Wildman–Crippen MR) is 68.1 cm³/mol. The summed E-state index contributed by atoms with van der Waals surface area (Å²) in [7, 11) is 1.89. The Morgan fingerprint density at radius 1 is 1.38 bits per heavy atom. The minimum absolute atomic E-state index is 0.159. The Hall–Kier alpha value is -1.13. The molecule has 1 unspecified atom stereocenters. The molecule has 0 saturated carbocycles. The van der Waals surface area contributed by atoms with Crippen molar-refractivity contribution in [1.82, 2.24) is 9.78 Å². The van der Waals surface area contributed by atoms with Crippen LogP contribution in [0.5, 0.6) is 0 Å². The van der Waals surface area contributed by atoms with Crippen molar-refractivity contribution in [3.05, 3.63) is 51.8 Å². The van der Waals surface area contributed by atoms with Crippen LogP contribution in [-0.2, 0) is 7.05 Å². The first-order valence-corrected chi connectivity index (χ1v) is 5.88. The average molecular weight is 280 g/mol. The third-order valence-corrected chi connectivity index (χ3v) is 3.48. The molecule has 1 aromatic heterocycles. The molecule has 16 heavy (non-hydrogen) atoms. The molecule has 84 valence electrons. The van der Waals surface area contributed by atoms with Crippen LogP contribution in [0.1, 0.15) is 22.9 Å². The van der Waals surface area contributed by atoms with E-state index in [-0.39, 0.29) is 6.04 Å². The third-order valence-electron chi connectivity index (χ3n) is 2.59. The molecular formula is C12H14BrN3. The second-order valence-electron chi connectivity index (χ2n) is 3.90. The summed E-state index contributed by atoms with van der Waals surface area (Å²) in [5.41, 5.74) is 9.32. The Morgan fingerprint density at radius 3 is 2.69 bits per heavy atom. The molecule has 0 saturated heterocycles. The van der Waals surface area contributed by atoms with Gasteiger partial charge in [-0.1, -0.05) is 28.1 Å². The summed E-state index contributed by atoms with van der Waals surface area (Å²) in [5.74, 6) is 0. The quantitative estimate of drug-likeness (QED) is 0.918. The zero-order chi connectivity index (χ0) is 11.7. The molecule has 2 N–H and O–H groups in total. The summed E-state index contributed by atoms with van der Waals surface area (Å²) in [6.45, 7) is 2.05. The Balaban J connectivity index is 2.33. The maximum Gasteiger partial charge on any atom is 0.0837 e. The van der Waals surface area contributed by atoms with Crippen LogP contribution in [0.3, 0.4) is 0 Å². The lowest BCUT2D eigenvalue weighted by Gasteiger charge is -2.10. The van der Waals surface area contributed by atoms with Gasteiger partial charge in [-0.3, -0.25) is 4.68 Å². The Kier molecular flexibility index (Phi) is 3.12. The van der Waals surface area contributed by atoms with Crippen LogP contribution < -0.4 is 5.73 Å². The van der Waals surface area contributed by atoms with Gasteiger partial charge in [0, 0.05) is 17.7 Å². The molecule has 4 heteroatoms. The molecule has 2 aromatic rings. The van der Waals surface area contributed by atoms with Gasteiger partial charge in [-0.05, 0) is 30.2 Å². The van der Waals surface area contributed by atoms with E-state index < -0.39 is 0 Å². The highest BCUT2D eigenvalue weighted by Crippen LogP contribution is 2.23. The molecule has 1 atom stereocenters. The SMILES string of the molecule is Cc1cc(C(N)c2ccn(C)n2)ccc1Br. The van der Waals surface area contributed by atoms with E-state index in [1.54, 1.807) is 4.68 Å². The molecule has 1 heterocycles. The smallest absolute Gasteiger partial charge is 0.0837 e. The van der Waals surface area contributed by atoms with Gasteiger partial charge in [0.25, 0.3) is 0 Å². The number of hydrogen-bond donors (Lipinski definition) is 1. The van der Waals surface area contributed by atoms with Crippen molar-refractivity contribution in [2.75, 3.05) is 0 Å². The van der Waals surface area contributed by atoms with Crippen LogP contribution in [0.25, 0.3) is 0 Å². The Morgan fingerprint density at radius 2 is 2.12 bits per heavy atom. The normalized spacial score (nSPS) is 12.8. The number of rotatable bonds is 2. The van der Waals surface area contributed by atoms with Crippen LogP contribution in [0.2, 0.25) is 0 Å². The molecule has 3 nitrogen and oxygen atoms in total. The topological polar surface area (TPSA) is 43.8 Å². The van der Waals surface area contributed by atoms with Crippen LogP contribution in [0.15, 0.2) is 34.9 Å². The van der Waals surface area contributed by atoms with Gasteiger partial charge in [0.2, 0.25) is 0 Å². The van der Waals surface area contributed by atoms with Crippen LogP contribution in [0.4, 0.5) is 0 Å². The molecule has 0 aliphatic heterocycles. The van der Waals surface area contributed by atoms with Gasteiger partial charge in [0.1, 0.15) is 0 Å². The van der Waals surface area contributed by atoms with E-state index in [0.29, 0.717) is 0 Å². The predicted octanol–water partition coefficient (Wildman–Crippen LogP) is 2.54. The van der Waals surface area contributed by atoms with Gasteiger partial charge < -0.3 is 5.73 Å². The standard InChI is InChI=1S/C12H14BrN3/c1-8-7-9(3-4-10(8)13)12(14)11-5-6-16(2)15-11/h3-7,12H,14H2,1-2H3. The van der Waals surface area contributed by atoms with Gasteiger partial charge in [-0.25, -0.2) is 0 Å². The van der Waals surface area contributed by atoms with E-state index in [0.717, 1.165) is 15.7 Å². The fraction of sp³-hybridized carbons (Fsp3) is 0.250. The van der Waals surface area contributed by atoms with Gasteiger partial charge in [-0.2, -0.15) is 5.10 Å². The first kappa shape index (κ1) is 11.4. The van der Waals surface area contributed by atoms with Gasteiger partial charge in [0.15, 0.2) is 0 Å². The number of nitrogens with two attached hydrogens (primary N) is 1. The van der Waals surface area contributed by atoms with Crippen LogP contribution >= 0.6 is 15.9 Å². The van der Waals surface area contributed by atoms with E-state index >= 15 is 0 Å². The number of benzene rings is 1. The van der Waals surface area contributed by atoms with Crippen LogP contribution in [0, 0.1) is 6.92 Å². The maximum atomic E-state index is 6.16.